The SMILES string of the molecule is O=C(C[C@H]1NC(=O)N(Cc2ccccc2Cl)C1=O)Nc1nc2c(s1)CCC2. The summed E-state index contributed by atoms with van der Waals surface area (Å²) in [7, 11) is 0. The summed E-state index contributed by atoms with van der Waals surface area (Å²) in [5.74, 6) is -0.780. The van der Waals surface area contributed by atoms with Gasteiger partial charge in [-0.3, -0.25) is 14.5 Å². The van der Waals surface area contributed by atoms with Crippen LogP contribution in [0.1, 0.15) is 29.0 Å². The number of hydrogen-bond acceptors (Lipinski definition) is 5. The van der Waals surface area contributed by atoms with Crippen LogP contribution >= 0.6 is 22.9 Å². The van der Waals surface area contributed by atoms with Crippen LogP contribution < -0.4 is 10.6 Å². The van der Waals surface area contributed by atoms with Crippen LogP contribution in [0.5, 0.6) is 0 Å². The number of hydrogen-bond donors (Lipinski definition) is 2. The number of halogens is 1. The maximum atomic E-state index is 12.5. The van der Waals surface area contributed by atoms with Crippen molar-refractivity contribution in [3.63, 3.8) is 0 Å². The minimum absolute atomic E-state index is 0.0711. The lowest BCUT2D eigenvalue weighted by Crippen LogP contribution is -2.34. The van der Waals surface area contributed by atoms with Gasteiger partial charge in [-0.1, -0.05) is 29.8 Å². The first-order valence-electron chi connectivity index (χ1n) is 8.65. The van der Waals surface area contributed by atoms with Gasteiger partial charge in [-0.25, -0.2) is 9.78 Å². The predicted molar refractivity (Wildman–Crippen MR) is 102 cm³/mol. The van der Waals surface area contributed by atoms with Gasteiger partial charge in [0, 0.05) is 9.90 Å². The van der Waals surface area contributed by atoms with E-state index in [0.717, 1.165) is 29.9 Å². The van der Waals surface area contributed by atoms with Crippen molar-refractivity contribution in [2.45, 2.75) is 38.3 Å². The zero-order chi connectivity index (χ0) is 19.0. The second-order valence-electron chi connectivity index (χ2n) is 6.51. The molecule has 0 bridgehead atoms. The Morgan fingerprint density at radius 1 is 1.33 bits per heavy atom. The van der Waals surface area contributed by atoms with Gasteiger partial charge < -0.3 is 10.6 Å². The second kappa shape index (κ2) is 7.28. The number of fused-ring (bicyclic) bond motifs is 1. The van der Waals surface area contributed by atoms with Crippen molar-refractivity contribution < 1.29 is 14.4 Å². The molecule has 1 aliphatic carbocycles. The maximum absolute atomic E-state index is 12.5. The summed E-state index contributed by atoms with van der Waals surface area (Å²) in [6.07, 6.45) is 2.91. The average Bonchev–Trinajstić information content (AvgIpc) is 3.27. The lowest BCUT2D eigenvalue weighted by molar-refractivity contribution is -0.130. The molecule has 1 atom stereocenters. The second-order valence-corrected chi connectivity index (χ2v) is 8.00. The molecule has 1 saturated heterocycles. The molecule has 4 amide bonds. The molecule has 2 aromatic rings. The Kier molecular flexibility index (Phi) is 4.84. The molecule has 1 aromatic carbocycles. The van der Waals surface area contributed by atoms with Gasteiger partial charge in [-0.05, 0) is 30.9 Å². The first-order chi connectivity index (χ1) is 13.0. The largest absolute Gasteiger partial charge is 0.325 e. The summed E-state index contributed by atoms with van der Waals surface area (Å²) in [5.41, 5.74) is 1.72. The Balaban J connectivity index is 1.38. The van der Waals surface area contributed by atoms with Crippen molar-refractivity contribution in [3.8, 4) is 0 Å². The van der Waals surface area contributed by atoms with Crippen LogP contribution in [-0.2, 0) is 29.0 Å². The van der Waals surface area contributed by atoms with Gasteiger partial charge in [0.25, 0.3) is 5.91 Å². The molecule has 1 aliphatic heterocycles. The number of amides is 4. The number of benzene rings is 1. The van der Waals surface area contributed by atoms with Crippen LogP contribution in [0.2, 0.25) is 5.02 Å². The van der Waals surface area contributed by atoms with E-state index in [0.29, 0.717) is 15.7 Å². The monoisotopic (exact) mass is 404 g/mol. The highest BCUT2D eigenvalue weighted by atomic mass is 35.5. The predicted octanol–water partition coefficient (Wildman–Crippen LogP) is 2.73. The average molecular weight is 405 g/mol. The molecule has 0 spiro atoms. The number of rotatable bonds is 5. The van der Waals surface area contributed by atoms with Gasteiger partial charge in [0.15, 0.2) is 5.13 Å². The van der Waals surface area contributed by atoms with Gasteiger partial charge in [-0.15, -0.1) is 11.3 Å². The lowest BCUT2D eigenvalue weighted by Gasteiger charge is -2.14. The molecule has 1 aromatic heterocycles. The number of urea groups is 1. The number of nitrogens with zero attached hydrogens (tertiary/aromatic N) is 2. The summed E-state index contributed by atoms with van der Waals surface area (Å²) < 4.78 is 0. The van der Waals surface area contributed by atoms with E-state index in [1.807, 2.05) is 0 Å². The molecule has 27 heavy (non-hydrogen) atoms. The Bertz CT molecular complexity index is 908. The highest BCUT2D eigenvalue weighted by Crippen LogP contribution is 2.30. The maximum Gasteiger partial charge on any atom is 0.325 e. The van der Waals surface area contributed by atoms with Gasteiger partial charge in [-0.2, -0.15) is 0 Å². The third kappa shape index (κ3) is 3.68. The van der Waals surface area contributed by atoms with Gasteiger partial charge >= 0.3 is 6.03 Å². The molecule has 0 saturated carbocycles. The highest BCUT2D eigenvalue weighted by Gasteiger charge is 2.39. The van der Waals surface area contributed by atoms with Gasteiger partial charge in [0.05, 0.1) is 18.7 Å². The Labute approximate surface area is 164 Å². The van der Waals surface area contributed by atoms with Crippen molar-refractivity contribution in [2.75, 3.05) is 5.32 Å². The molecule has 4 rings (SSSR count). The zero-order valence-electron chi connectivity index (χ0n) is 14.3. The molecular weight excluding hydrogens is 388 g/mol. The molecule has 2 heterocycles. The van der Waals surface area contributed by atoms with Crippen molar-refractivity contribution in [1.29, 1.82) is 0 Å². The fourth-order valence-electron chi connectivity index (χ4n) is 3.26. The van der Waals surface area contributed by atoms with Crippen molar-refractivity contribution >= 4 is 45.9 Å². The van der Waals surface area contributed by atoms with E-state index in [4.69, 9.17) is 11.6 Å². The fourth-order valence-corrected chi connectivity index (χ4v) is 4.52. The van der Waals surface area contributed by atoms with Crippen LogP contribution in [-0.4, -0.2) is 33.8 Å². The summed E-state index contributed by atoms with van der Waals surface area (Å²) >= 11 is 7.57. The number of anilines is 1. The number of aromatic nitrogens is 1. The smallest absolute Gasteiger partial charge is 0.325 e. The van der Waals surface area contributed by atoms with E-state index in [-0.39, 0.29) is 18.9 Å². The minimum Gasteiger partial charge on any atom is -0.325 e. The van der Waals surface area contributed by atoms with Gasteiger partial charge in [0.2, 0.25) is 5.91 Å². The van der Waals surface area contributed by atoms with Crippen molar-refractivity contribution in [3.05, 3.63) is 45.4 Å². The van der Waals surface area contributed by atoms with Crippen LogP contribution in [0.4, 0.5) is 9.93 Å². The summed E-state index contributed by atoms with van der Waals surface area (Å²) in [4.78, 5) is 43.7. The number of carbonyl (C=O) groups is 3. The number of nitrogens with one attached hydrogen (secondary N) is 2. The van der Waals surface area contributed by atoms with E-state index in [1.165, 1.54) is 16.2 Å². The van der Waals surface area contributed by atoms with E-state index >= 15 is 0 Å². The normalized spacial score (nSPS) is 18.6. The fraction of sp³-hybridized carbons (Fsp3) is 0.333. The lowest BCUT2D eigenvalue weighted by atomic mass is 10.1. The Morgan fingerprint density at radius 2 is 2.15 bits per heavy atom. The number of thiazole rings is 1. The summed E-state index contributed by atoms with van der Waals surface area (Å²) in [5, 5.41) is 6.33. The zero-order valence-corrected chi connectivity index (χ0v) is 15.9. The minimum atomic E-state index is -0.883. The third-order valence-electron chi connectivity index (χ3n) is 4.62. The Morgan fingerprint density at radius 3 is 2.93 bits per heavy atom. The van der Waals surface area contributed by atoms with E-state index in [9.17, 15) is 14.4 Å². The van der Waals surface area contributed by atoms with Crippen molar-refractivity contribution in [1.82, 2.24) is 15.2 Å². The van der Waals surface area contributed by atoms with E-state index < -0.39 is 18.0 Å². The summed E-state index contributed by atoms with van der Waals surface area (Å²) in [6.45, 7) is 0.0711. The highest BCUT2D eigenvalue weighted by molar-refractivity contribution is 7.15. The van der Waals surface area contributed by atoms with Gasteiger partial charge in [0.1, 0.15) is 6.04 Å². The Hall–Kier alpha value is -2.45. The van der Waals surface area contributed by atoms with Crippen LogP contribution in [0.3, 0.4) is 0 Å². The van der Waals surface area contributed by atoms with E-state index in [2.05, 4.69) is 15.6 Å². The van der Waals surface area contributed by atoms with Crippen molar-refractivity contribution in [2.24, 2.45) is 0 Å². The number of aryl methyl sites for hydroxylation is 2. The molecule has 2 N–H and O–H groups in total. The number of imide groups is 1. The summed E-state index contributed by atoms with van der Waals surface area (Å²) in [6, 6.07) is 5.61. The first-order valence-corrected chi connectivity index (χ1v) is 9.84. The molecular formula is C18H17ClN4O3S. The molecule has 0 radical (unpaired) electrons. The quantitative estimate of drug-likeness (QED) is 0.749. The first kappa shape index (κ1) is 17.9. The molecule has 140 valence electrons. The standard InChI is InChI=1S/C18H17ClN4O3S/c19-11-5-2-1-4-10(11)9-23-16(25)13(21-18(23)26)8-15(24)22-17-20-12-6-3-7-14(12)27-17/h1-2,4-5,13H,3,6-9H2,(H,21,26)(H,20,22,24)/t13-/m1/s1. The van der Waals surface area contributed by atoms with Crippen LogP contribution in [0.25, 0.3) is 0 Å². The molecule has 7 nitrogen and oxygen atoms in total. The number of carbonyl (C=O) groups excluding carboxylic acids is 3. The molecule has 9 heteroatoms. The molecule has 0 unspecified atom stereocenters. The topological polar surface area (TPSA) is 91.4 Å². The third-order valence-corrected chi connectivity index (χ3v) is 6.07. The van der Waals surface area contributed by atoms with Crippen LogP contribution in [0, 0.1) is 0 Å². The van der Waals surface area contributed by atoms with E-state index in [1.54, 1.807) is 24.3 Å². The molecule has 2 aliphatic rings. The molecule has 1 fully saturated rings. The van der Waals surface area contributed by atoms with Crippen LogP contribution in [0.15, 0.2) is 24.3 Å².